The minimum Gasteiger partial charge on any atom is -0.497 e. The molecule has 2 aromatic heterocycles. The molecule has 1 aliphatic rings. The third-order valence-electron chi connectivity index (χ3n) is 7.10. The summed E-state index contributed by atoms with van der Waals surface area (Å²) in [4.78, 5) is 33.0. The maximum atomic E-state index is 14.0. The van der Waals surface area contributed by atoms with Crippen LogP contribution in [0.3, 0.4) is 0 Å². The number of hydrogen-bond donors (Lipinski definition) is 1. The van der Waals surface area contributed by atoms with Crippen LogP contribution in [-0.4, -0.2) is 17.6 Å². The van der Waals surface area contributed by atoms with Crippen molar-refractivity contribution in [3.05, 3.63) is 138 Å². The summed E-state index contributed by atoms with van der Waals surface area (Å²) in [7, 11) is 1.59. The van der Waals surface area contributed by atoms with Crippen LogP contribution in [0, 0.1) is 6.92 Å². The van der Waals surface area contributed by atoms with Gasteiger partial charge in [0.1, 0.15) is 17.3 Å². The zero-order chi connectivity index (χ0) is 29.4. The standard InChI is InChI=1S/C33H26ClN3O4S/c1-19-7-4-5-10-26(19)36-31(38)29-20(2)35-33-37(30(29)21-11-13-24(40-3)14-12-21)32(39)28(42-33)18-25-15-16-27(41-25)22-8-6-9-23(34)17-22/h4-18,30H,1-3H3,(H,36,38)/b28-18+/t30-/m0/s1. The highest BCUT2D eigenvalue weighted by molar-refractivity contribution is 7.07. The van der Waals surface area contributed by atoms with E-state index < -0.39 is 6.04 Å². The van der Waals surface area contributed by atoms with Gasteiger partial charge in [0.25, 0.3) is 11.5 Å². The Morgan fingerprint density at radius 2 is 1.83 bits per heavy atom. The van der Waals surface area contributed by atoms with E-state index in [4.69, 9.17) is 25.7 Å². The first kappa shape index (κ1) is 27.5. The van der Waals surface area contributed by atoms with E-state index in [1.54, 1.807) is 30.7 Å². The van der Waals surface area contributed by atoms with E-state index in [0.717, 1.165) is 16.7 Å². The zero-order valence-corrected chi connectivity index (χ0v) is 24.6. The van der Waals surface area contributed by atoms with Crippen molar-refractivity contribution in [2.45, 2.75) is 19.9 Å². The molecule has 210 valence electrons. The van der Waals surface area contributed by atoms with E-state index in [2.05, 4.69) is 5.32 Å². The van der Waals surface area contributed by atoms with E-state index in [-0.39, 0.29) is 11.5 Å². The first-order valence-corrected chi connectivity index (χ1v) is 14.4. The lowest BCUT2D eigenvalue weighted by atomic mass is 9.95. The maximum Gasteiger partial charge on any atom is 0.271 e. The van der Waals surface area contributed by atoms with E-state index >= 15 is 0 Å². The van der Waals surface area contributed by atoms with Crippen LogP contribution in [0.15, 0.2) is 110 Å². The van der Waals surface area contributed by atoms with Gasteiger partial charge in [-0.2, -0.15) is 0 Å². The van der Waals surface area contributed by atoms with E-state index in [9.17, 15) is 9.59 Å². The lowest BCUT2D eigenvalue weighted by molar-refractivity contribution is -0.113. The second-order valence-corrected chi connectivity index (χ2v) is 11.3. The number of nitrogens with one attached hydrogen (secondary N) is 1. The van der Waals surface area contributed by atoms with Crippen LogP contribution in [0.5, 0.6) is 5.75 Å². The van der Waals surface area contributed by atoms with E-state index in [0.29, 0.717) is 48.6 Å². The number of ether oxygens (including phenoxy) is 1. The molecule has 1 amide bonds. The number of nitrogens with zero attached hydrogens (tertiary/aromatic N) is 2. The molecule has 1 aliphatic heterocycles. The Morgan fingerprint density at radius 1 is 1.05 bits per heavy atom. The molecule has 0 bridgehead atoms. The van der Waals surface area contributed by atoms with Crippen molar-refractivity contribution in [2.24, 2.45) is 4.99 Å². The predicted molar refractivity (Wildman–Crippen MR) is 166 cm³/mol. The number of fused-ring (bicyclic) bond motifs is 1. The molecule has 6 rings (SSSR count). The summed E-state index contributed by atoms with van der Waals surface area (Å²) in [5.41, 5.74) is 3.88. The first-order valence-electron chi connectivity index (χ1n) is 13.2. The van der Waals surface area contributed by atoms with Gasteiger partial charge in [0, 0.05) is 22.3 Å². The smallest absolute Gasteiger partial charge is 0.271 e. The van der Waals surface area contributed by atoms with Gasteiger partial charge < -0.3 is 14.5 Å². The van der Waals surface area contributed by atoms with Crippen molar-refractivity contribution in [3.8, 4) is 17.1 Å². The minimum atomic E-state index is -0.697. The van der Waals surface area contributed by atoms with Gasteiger partial charge in [-0.05, 0) is 67.4 Å². The molecule has 0 radical (unpaired) electrons. The second-order valence-electron chi connectivity index (χ2n) is 9.84. The van der Waals surface area contributed by atoms with Gasteiger partial charge in [-0.15, -0.1) is 0 Å². The number of para-hydroxylation sites is 1. The van der Waals surface area contributed by atoms with Crippen LogP contribution >= 0.6 is 22.9 Å². The molecular weight excluding hydrogens is 570 g/mol. The molecule has 1 N–H and O–H groups in total. The fourth-order valence-electron chi connectivity index (χ4n) is 4.97. The normalized spacial score (nSPS) is 14.9. The summed E-state index contributed by atoms with van der Waals surface area (Å²) in [5, 5.41) is 3.63. The van der Waals surface area contributed by atoms with Gasteiger partial charge in [-0.3, -0.25) is 14.2 Å². The largest absolute Gasteiger partial charge is 0.497 e. The Bertz CT molecular complexity index is 2040. The molecule has 0 unspecified atom stereocenters. The molecule has 0 fully saturated rings. The second kappa shape index (κ2) is 11.3. The number of anilines is 1. The number of allylic oxidation sites excluding steroid dienone is 1. The van der Waals surface area contributed by atoms with Crippen molar-refractivity contribution in [1.82, 2.24) is 4.57 Å². The zero-order valence-electron chi connectivity index (χ0n) is 23.1. The number of carbonyl (C=O) groups excluding carboxylic acids is 1. The Balaban J connectivity index is 1.45. The summed E-state index contributed by atoms with van der Waals surface area (Å²) in [6.07, 6.45) is 1.70. The van der Waals surface area contributed by atoms with Gasteiger partial charge in [-0.25, -0.2) is 4.99 Å². The number of carbonyl (C=O) groups is 1. The number of halogens is 1. The van der Waals surface area contributed by atoms with Gasteiger partial charge in [-0.1, -0.05) is 65.4 Å². The van der Waals surface area contributed by atoms with Crippen LogP contribution in [0.25, 0.3) is 17.4 Å². The average molecular weight is 596 g/mol. The monoisotopic (exact) mass is 595 g/mol. The highest BCUT2D eigenvalue weighted by Gasteiger charge is 2.32. The summed E-state index contributed by atoms with van der Waals surface area (Å²) < 4.78 is 13.4. The van der Waals surface area contributed by atoms with E-state index in [1.165, 1.54) is 11.3 Å². The number of methoxy groups -OCH3 is 1. The quantitative estimate of drug-likeness (QED) is 0.257. The summed E-state index contributed by atoms with van der Waals surface area (Å²) >= 11 is 7.40. The lowest BCUT2D eigenvalue weighted by Crippen LogP contribution is -2.40. The van der Waals surface area contributed by atoms with Crippen molar-refractivity contribution >= 4 is 40.6 Å². The van der Waals surface area contributed by atoms with Crippen LogP contribution in [-0.2, 0) is 4.79 Å². The molecule has 9 heteroatoms. The number of aromatic nitrogens is 1. The molecule has 0 saturated heterocycles. The fourth-order valence-corrected chi connectivity index (χ4v) is 6.19. The summed E-state index contributed by atoms with van der Waals surface area (Å²) in [5.74, 6) is 1.51. The minimum absolute atomic E-state index is 0.269. The molecule has 0 saturated carbocycles. The summed E-state index contributed by atoms with van der Waals surface area (Å²) in [6, 6.07) is 25.3. The Labute approximate surface area is 250 Å². The van der Waals surface area contributed by atoms with Crippen molar-refractivity contribution in [2.75, 3.05) is 12.4 Å². The molecule has 0 spiro atoms. The van der Waals surface area contributed by atoms with E-state index in [1.807, 2.05) is 85.8 Å². The van der Waals surface area contributed by atoms with Crippen LogP contribution in [0.2, 0.25) is 5.02 Å². The van der Waals surface area contributed by atoms with Crippen molar-refractivity contribution in [1.29, 1.82) is 0 Å². The Hall–Kier alpha value is -4.66. The number of benzene rings is 3. The topological polar surface area (TPSA) is 85.8 Å². The predicted octanol–water partition coefficient (Wildman–Crippen LogP) is 6.10. The Morgan fingerprint density at radius 3 is 2.57 bits per heavy atom. The lowest BCUT2D eigenvalue weighted by Gasteiger charge is -2.25. The highest BCUT2D eigenvalue weighted by Crippen LogP contribution is 2.32. The van der Waals surface area contributed by atoms with Crippen molar-refractivity contribution in [3.63, 3.8) is 0 Å². The van der Waals surface area contributed by atoms with Gasteiger partial charge >= 0.3 is 0 Å². The number of furan rings is 1. The van der Waals surface area contributed by atoms with Crippen LogP contribution in [0.1, 0.15) is 29.9 Å². The van der Waals surface area contributed by atoms with Gasteiger partial charge in [0.15, 0.2) is 4.80 Å². The molecule has 3 heterocycles. The van der Waals surface area contributed by atoms with Gasteiger partial charge in [0.2, 0.25) is 0 Å². The third-order valence-corrected chi connectivity index (χ3v) is 8.32. The molecule has 0 aliphatic carbocycles. The van der Waals surface area contributed by atoms with Crippen LogP contribution in [0.4, 0.5) is 5.69 Å². The number of amides is 1. The molecule has 3 aromatic carbocycles. The highest BCUT2D eigenvalue weighted by atomic mass is 35.5. The first-order chi connectivity index (χ1) is 20.3. The third kappa shape index (κ3) is 5.22. The van der Waals surface area contributed by atoms with Gasteiger partial charge in [0.05, 0.1) is 29.0 Å². The number of hydrogen-bond acceptors (Lipinski definition) is 6. The molecule has 7 nitrogen and oxygen atoms in total. The Kier molecular flexibility index (Phi) is 7.41. The molecule has 42 heavy (non-hydrogen) atoms. The summed E-state index contributed by atoms with van der Waals surface area (Å²) in [6.45, 7) is 3.73. The molecular formula is C33H26ClN3O4S. The fraction of sp³-hybridized carbons (Fsp3) is 0.121. The number of thiazole rings is 1. The molecule has 1 atom stereocenters. The van der Waals surface area contributed by atoms with Crippen LogP contribution < -0.4 is 24.9 Å². The number of aryl methyl sites for hydroxylation is 1. The maximum absolute atomic E-state index is 14.0. The van der Waals surface area contributed by atoms with Crippen molar-refractivity contribution < 1.29 is 13.9 Å². The SMILES string of the molecule is COc1ccc([C@H]2C(C(=O)Nc3ccccc3C)=C(C)N=c3s/c(=C/c4ccc(-c5cccc(Cl)c5)o4)c(=O)n32)cc1. The average Bonchev–Trinajstić information content (AvgIpc) is 3.58. The molecule has 5 aromatic rings. The number of rotatable bonds is 6.